The van der Waals surface area contributed by atoms with Gasteiger partial charge in [-0.25, -0.2) is 0 Å². The predicted molar refractivity (Wildman–Crippen MR) is 63.7 cm³/mol. The quantitative estimate of drug-likeness (QED) is 0.880. The topological polar surface area (TPSA) is 56.4 Å². The number of hydrogen-bond acceptors (Lipinski definition) is 4. The van der Waals surface area contributed by atoms with Crippen molar-refractivity contribution < 1.29 is 14.2 Å². The maximum absolute atomic E-state index is 5.28. The Morgan fingerprint density at radius 2 is 1.59 bits per heavy atom. The second-order valence-electron chi connectivity index (χ2n) is 3.40. The molecule has 0 aliphatic carbocycles. The van der Waals surface area contributed by atoms with Crippen LogP contribution in [0.1, 0.15) is 0 Å². The number of rotatable bonds is 4. The first-order valence-electron chi connectivity index (χ1n) is 5.09. The van der Waals surface area contributed by atoms with Gasteiger partial charge in [0.05, 0.1) is 27.5 Å². The lowest BCUT2D eigenvalue weighted by atomic mass is 10.1. The number of methoxy groups -OCH3 is 3. The van der Waals surface area contributed by atoms with Crippen LogP contribution in [0.5, 0.6) is 17.2 Å². The fourth-order valence-corrected chi connectivity index (χ4v) is 1.66. The molecule has 0 bridgehead atoms. The summed E-state index contributed by atoms with van der Waals surface area (Å²) in [5, 5.41) is 6.68. The highest BCUT2D eigenvalue weighted by Crippen LogP contribution is 2.40. The van der Waals surface area contributed by atoms with Gasteiger partial charge in [0.15, 0.2) is 11.5 Å². The molecule has 0 unspecified atom stereocenters. The lowest BCUT2D eigenvalue weighted by Crippen LogP contribution is -1.95. The summed E-state index contributed by atoms with van der Waals surface area (Å²) in [6.45, 7) is 0. The highest BCUT2D eigenvalue weighted by atomic mass is 16.5. The highest BCUT2D eigenvalue weighted by Gasteiger charge is 2.14. The van der Waals surface area contributed by atoms with E-state index < -0.39 is 0 Å². The van der Waals surface area contributed by atoms with Crippen molar-refractivity contribution in [3.05, 3.63) is 24.5 Å². The molecule has 1 N–H and O–H groups in total. The number of aromatic nitrogens is 2. The molecule has 0 saturated heterocycles. The average Bonchev–Trinajstić information content (AvgIpc) is 2.90. The Labute approximate surface area is 99.3 Å². The zero-order valence-corrected chi connectivity index (χ0v) is 9.98. The van der Waals surface area contributed by atoms with Crippen molar-refractivity contribution in [2.75, 3.05) is 21.3 Å². The van der Waals surface area contributed by atoms with Crippen molar-refractivity contribution in [3.8, 4) is 28.4 Å². The van der Waals surface area contributed by atoms with Gasteiger partial charge in [-0.05, 0) is 17.7 Å². The molecule has 1 aromatic heterocycles. The molecule has 0 aliphatic heterocycles. The minimum absolute atomic E-state index is 0.585. The number of nitrogens with zero attached hydrogens (tertiary/aromatic N) is 1. The summed E-state index contributed by atoms with van der Waals surface area (Å²) in [6.07, 6.45) is 3.54. The number of ether oxygens (including phenoxy) is 3. The molecule has 0 radical (unpaired) electrons. The van der Waals surface area contributed by atoms with Crippen molar-refractivity contribution in [3.63, 3.8) is 0 Å². The van der Waals surface area contributed by atoms with E-state index in [1.54, 1.807) is 33.7 Å². The van der Waals surface area contributed by atoms with Gasteiger partial charge in [0.1, 0.15) is 0 Å². The van der Waals surface area contributed by atoms with Crippen LogP contribution in [0, 0.1) is 0 Å². The molecule has 2 rings (SSSR count). The maximum Gasteiger partial charge on any atom is 0.203 e. The SMILES string of the molecule is COc1cc(-c2cn[nH]c2)cc(OC)c1OC. The summed E-state index contributed by atoms with van der Waals surface area (Å²) in [4.78, 5) is 0. The minimum atomic E-state index is 0.585. The third-order valence-electron chi connectivity index (χ3n) is 2.50. The summed E-state index contributed by atoms with van der Waals surface area (Å²) in [6, 6.07) is 3.76. The molecule has 17 heavy (non-hydrogen) atoms. The molecule has 90 valence electrons. The Hall–Kier alpha value is -2.17. The van der Waals surface area contributed by atoms with E-state index in [0.29, 0.717) is 17.2 Å². The standard InChI is InChI=1S/C12H14N2O3/c1-15-10-4-8(9-6-13-14-7-9)5-11(16-2)12(10)17-3/h4-7H,1-3H3,(H,13,14). The molecule has 1 aromatic carbocycles. The van der Waals surface area contributed by atoms with Crippen LogP contribution >= 0.6 is 0 Å². The van der Waals surface area contributed by atoms with Crippen molar-refractivity contribution in [2.45, 2.75) is 0 Å². The molecule has 2 aromatic rings. The first-order valence-corrected chi connectivity index (χ1v) is 5.09. The largest absolute Gasteiger partial charge is 0.493 e. The Morgan fingerprint density at radius 1 is 0.941 bits per heavy atom. The molecule has 5 nitrogen and oxygen atoms in total. The van der Waals surface area contributed by atoms with Gasteiger partial charge in [0.2, 0.25) is 5.75 Å². The smallest absolute Gasteiger partial charge is 0.203 e. The second kappa shape index (κ2) is 4.78. The van der Waals surface area contributed by atoms with Crippen molar-refractivity contribution >= 4 is 0 Å². The summed E-state index contributed by atoms with van der Waals surface area (Å²) < 4.78 is 15.8. The van der Waals surface area contributed by atoms with Crippen LogP contribution in [0.4, 0.5) is 0 Å². The van der Waals surface area contributed by atoms with Crippen LogP contribution in [0.25, 0.3) is 11.1 Å². The van der Waals surface area contributed by atoms with E-state index in [2.05, 4.69) is 10.2 Å². The van der Waals surface area contributed by atoms with Crippen LogP contribution < -0.4 is 14.2 Å². The molecule has 0 amide bonds. The van der Waals surface area contributed by atoms with E-state index in [1.807, 2.05) is 12.1 Å². The van der Waals surface area contributed by atoms with Gasteiger partial charge in [0, 0.05) is 11.8 Å². The zero-order valence-electron chi connectivity index (χ0n) is 9.98. The number of H-pyrrole nitrogens is 1. The minimum Gasteiger partial charge on any atom is -0.493 e. The Kier molecular flexibility index (Phi) is 3.18. The van der Waals surface area contributed by atoms with Gasteiger partial charge < -0.3 is 14.2 Å². The number of hydrogen-bond donors (Lipinski definition) is 1. The maximum atomic E-state index is 5.28. The zero-order chi connectivity index (χ0) is 12.3. The molecule has 0 saturated carbocycles. The van der Waals surface area contributed by atoms with E-state index in [-0.39, 0.29) is 0 Å². The molecule has 1 heterocycles. The Morgan fingerprint density at radius 3 is 2.00 bits per heavy atom. The fourth-order valence-electron chi connectivity index (χ4n) is 1.66. The molecule has 0 aliphatic rings. The van der Waals surface area contributed by atoms with E-state index >= 15 is 0 Å². The van der Waals surface area contributed by atoms with Gasteiger partial charge >= 0.3 is 0 Å². The first-order chi connectivity index (χ1) is 8.30. The Bertz CT molecular complexity index is 469. The first kappa shape index (κ1) is 11.3. The number of nitrogens with one attached hydrogen (secondary N) is 1. The molecule has 0 fully saturated rings. The van der Waals surface area contributed by atoms with Gasteiger partial charge in [-0.3, -0.25) is 5.10 Å². The molecule has 0 atom stereocenters. The van der Waals surface area contributed by atoms with Gasteiger partial charge in [-0.15, -0.1) is 0 Å². The summed E-state index contributed by atoms with van der Waals surface area (Å²) in [5.41, 5.74) is 1.91. The van der Waals surface area contributed by atoms with Crippen LogP contribution in [0.2, 0.25) is 0 Å². The third kappa shape index (κ3) is 2.04. The monoisotopic (exact) mass is 234 g/mol. The van der Waals surface area contributed by atoms with Crippen LogP contribution in [0.15, 0.2) is 24.5 Å². The van der Waals surface area contributed by atoms with Gasteiger partial charge in [-0.1, -0.05) is 0 Å². The molecular formula is C12H14N2O3. The summed E-state index contributed by atoms with van der Waals surface area (Å²) >= 11 is 0. The normalized spacial score (nSPS) is 10.1. The van der Waals surface area contributed by atoms with Crippen molar-refractivity contribution in [1.82, 2.24) is 10.2 Å². The molecule has 0 spiro atoms. The van der Waals surface area contributed by atoms with E-state index in [1.165, 1.54) is 0 Å². The lowest BCUT2D eigenvalue weighted by Gasteiger charge is -2.13. The highest BCUT2D eigenvalue weighted by molar-refractivity contribution is 5.70. The van der Waals surface area contributed by atoms with Gasteiger partial charge in [-0.2, -0.15) is 5.10 Å². The van der Waals surface area contributed by atoms with Gasteiger partial charge in [0.25, 0.3) is 0 Å². The van der Waals surface area contributed by atoms with Crippen molar-refractivity contribution in [2.24, 2.45) is 0 Å². The van der Waals surface area contributed by atoms with E-state index in [9.17, 15) is 0 Å². The summed E-state index contributed by atoms with van der Waals surface area (Å²) in [7, 11) is 4.77. The Balaban J connectivity index is 2.56. The van der Waals surface area contributed by atoms with Crippen LogP contribution in [-0.2, 0) is 0 Å². The van der Waals surface area contributed by atoms with Crippen LogP contribution in [0.3, 0.4) is 0 Å². The summed E-state index contributed by atoms with van der Waals surface area (Å²) in [5.74, 6) is 1.84. The third-order valence-corrected chi connectivity index (χ3v) is 2.50. The van der Waals surface area contributed by atoms with Crippen molar-refractivity contribution in [1.29, 1.82) is 0 Å². The molecule has 5 heteroatoms. The van der Waals surface area contributed by atoms with E-state index in [4.69, 9.17) is 14.2 Å². The van der Waals surface area contributed by atoms with Crippen LogP contribution in [-0.4, -0.2) is 31.5 Å². The fraction of sp³-hybridized carbons (Fsp3) is 0.250. The number of benzene rings is 1. The molecular weight excluding hydrogens is 220 g/mol. The number of aromatic amines is 1. The second-order valence-corrected chi connectivity index (χ2v) is 3.40. The van der Waals surface area contributed by atoms with E-state index in [0.717, 1.165) is 11.1 Å². The predicted octanol–water partition coefficient (Wildman–Crippen LogP) is 2.10. The average molecular weight is 234 g/mol. The lowest BCUT2D eigenvalue weighted by molar-refractivity contribution is 0.324.